The Hall–Kier alpha value is -1.42. The lowest BCUT2D eigenvalue weighted by atomic mass is 9.91. The molecule has 2 aliphatic rings. The van der Waals surface area contributed by atoms with Crippen LogP contribution in [-0.2, 0) is 0 Å². The highest BCUT2D eigenvalue weighted by Crippen LogP contribution is 2.39. The molecule has 0 bridgehead atoms. The molecule has 0 radical (unpaired) electrons. The van der Waals surface area contributed by atoms with Gasteiger partial charge in [-0.25, -0.2) is 0 Å². The van der Waals surface area contributed by atoms with E-state index in [2.05, 4.69) is 38.8 Å². The van der Waals surface area contributed by atoms with E-state index in [0.717, 1.165) is 58.5 Å². The number of Topliss-reactive ketones (excluding diaryl/α,β-unsaturated/α-hetero) is 1. The zero-order valence-electron chi connectivity index (χ0n) is 14.8. The number of benzene rings is 1. The number of rotatable bonds is 5. The minimum atomic E-state index is 0.225. The second-order valence-electron chi connectivity index (χ2n) is 7.54. The number of aromatic nitrogens is 1. The molecular formula is C21H25BrN2O. The summed E-state index contributed by atoms with van der Waals surface area (Å²) in [6.07, 6.45) is 8.93. The molecule has 2 fully saturated rings. The van der Waals surface area contributed by atoms with E-state index >= 15 is 0 Å². The van der Waals surface area contributed by atoms with Crippen LogP contribution in [0.25, 0.3) is 10.9 Å². The standard InChI is InChI=1S/C21H25BrN2O/c1-2-3-14-8-10-24(11-9-14)20-17-12-16(22)6-7-19(17)23-13-18(20)21(25)15-4-5-15/h6-7,12-15H,2-5,8-11H2,1H3. The largest absolute Gasteiger partial charge is 0.370 e. The molecule has 2 heterocycles. The van der Waals surface area contributed by atoms with Gasteiger partial charge in [-0.15, -0.1) is 0 Å². The van der Waals surface area contributed by atoms with E-state index in [4.69, 9.17) is 0 Å². The van der Waals surface area contributed by atoms with Gasteiger partial charge in [-0.1, -0.05) is 35.7 Å². The third-order valence-corrected chi connectivity index (χ3v) is 6.14. The number of halogens is 1. The second-order valence-corrected chi connectivity index (χ2v) is 8.46. The zero-order valence-corrected chi connectivity index (χ0v) is 16.4. The lowest BCUT2D eigenvalue weighted by Crippen LogP contribution is -2.35. The number of hydrogen-bond donors (Lipinski definition) is 0. The summed E-state index contributed by atoms with van der Waals surface area (Å²) in [4.78, 5) is 19.9. The third-order valence-electron chi connectivity index (χ3n) is 5.64. The van der Waals surface area contributed by atoms with E-state index < -0.39 is 0 Å². The Kier molecular flexibility index (Phi) is 4.81. The van der Waals surface area contributed by atoms with Crippen molar-refractivity contribution in [3.05, 3.63) is 34.4 Å². The first kappa shape index (κ1) is 17.0. The first-order chi connectivity index (χ1) is 12.2. The van der Waals surface area contributed by atoms with Gasteiger partial charge < -0.3 is 4.90 Å². The van der Waals surface area contributed by atoms with Crippen LogP contribution in [0.3, 0.4) is 0 Å². The van der Waals surface area contributed by atoms with Crippen molar-refractivity contribution in [3.8, 4) is 0 Å². The topological polar surface area (TPSA) is 33.2 Å². The van der Waals surface area contributed by atoms with E-state index in [1.165, 1.54) is 25.7 Å². The Bertz CT molecular complexity index is 792. The maximum absolute atomic E-state index is 12.9. The summed E-state index contributed by atoms with van der Waals surface area (Å²) in [7, 11) is 0. The van der Waals surface area contributed by atoms with E-state index in [0.29, 0.717) is 5.78 Å². The van der Waals surface area contributed by atoms with Crippen molar-refractivity contribution in [2.75, 3.05) is 18.0 Å². The lowest BCUT2D eigenvalue weighted by Gasteiger charge is -2.35. The van der Waals surface area contributed by atoms with Crippen LogP contribution >= 0.6 is 15.9 Å². The average Bonchev–Trinajstić information content (AvgIpc) is 3.46. The number of ketones is 1. The first-order valence-electron chi connectivity index (χ1n) is 9.54. The van der Waals surface area contributed by atoms with Crippen LogP contribution in [0.1, 0.15) is 55.8 Å². The first-order valence-corrected chi connectivity index (χ1v) is 10.3. The van der Waals surface area contributed by atoms with Crippen molar-refractivity contribution < 1.29 is 4.79 Å². The molecule has 0 N–H and O–H groups in total. The average molecular weight is 401 g/mol. The molecule has 3 nitrogen and oxygen atoms in total. The fraction of sp³-hybridized carbons (Fsp3) is 0.524. The Morgan fingerprint density at radius 3 is 2.68 bits per heavy atom. The van der Waals surface area contributed by atoms with Gasteiger partial charge in [0.05, 0.1) is 16.8 Å². The number of carbonyl (C=O) groups is 1. The molecule has 4 rings (SSSR count). The number of hydrogen-bond acceptors (Lipinski definition) is 3. The molecule has 1 aromatic heterocycles. The molecule has 132 valence electrons. The van der Waals surface area contributed by atoms with Gasteiger partial charge in [-0.3, -0.25) is 9.78 Å². The van der Waals surface area contributed by atoms with E-state index in [-0.39, 0.29) is 5.92 Å². The zero-order chi connectivity index (χ0) is 17.4. The summed E-state index contributed by atoms with van der Waals surface area (Å²) in [6.45, 7) is 4.36. The molecule has 25 heavy (non-hydrogen) atoms. The number of anilines is 1. The SMILES string of the molecule is CCCC1CCN(c2c(C(=O)C3CC3)cnc3ccc(Br)cc23)CC1. The van der Waals surface area contributed by atoms with E-state index in [1.807, 2.05) is 18.3 Å². The van der Waals surface area contributed by atoms with Crippen molar-refractivity contribution >= 4 is 38.3 Å². The van der Waals surface area contributed by atoms with Gasteiger partial charge in [-0.05, 0) is 49.8 Å². The highest BCUT2D eigenvalue weighted by Gasteiger charge is 2.34. The minimum Gasteiger partial charge on any atom is -0.370 e. The third kappa shape index (κ3) is 3.46. The fourth-order valence-electron chi connectivity index (χ4n) is 4.09. The van der Waals surface area contributed by atoms with Crippen molar-refractivity contribution in [1.29, 1.82) is 0 Å². The number of piperidine rings is 1. The Morgan fingerprint density at radius 1 is 1.24 bits per heavy atom. The minimum absolute atomic E-state index is 0.225. The van der Waals surface area contributed by atoms with Gasteiger partial charge in [0.25, 0.3) is 0 Å². The van der Waals surface area contributed by atoms with Gasteiger partial charge in [-0.2, -0.15) is 0 Å². The molecule has 1 saturated carbocycles. The predicted octanol–water partition coefficient (Wildman–Crippen LogP) is 5.61. The summed E-state index contributed by atoms with van der Waals surface area (Å²) >= 11 is 3.59. The van der Waals surface area contributed by atoms with Gasteiger partial charge in [0, 0.05) is 35.1 Å². The molecule has 1 aliphatic carbocycles. The molecular weight excluding hydrogens is 376 g/mol. The smallest absolute Gasteiger partial charge is 0.169 e. The van der Waals surface area contributed by atoms with Gasteiger partial charge in [0.15, 0.2) is 5.78 Å². The maximum atomic E-state index is 12.9. The van der Waals surface area contributed by atoms with Crippen LogP contribution in [0, 0.1) is 11.8 Å². The summed E-state index contributed by atoms with van der Waals surface area (Å²) in [6, 6.07) is 6.19. The molecule has 0 unspecified atom stereocenters. The van der Waals surface area contributed by atoms with Crippen LogP contribution in [0.15, 0.2) is 28.9 Å². The van der Waals surface area contributed by atoms with Crippen LogP contribution in [0.2, 0.25) is 0 Å². The van der Waals surface area contributed by atoms with E-state index in [9.17, 15) is 4.79 Å². The van der Waals surface area contributed by atoms with Crippen LogP contribution in [-0.4, -0.2) is 23.9 Å². The predicted molar refractivity (Wildman–Crippen MR) is 106 cm³/mol. The molecule has 0 amide bonds. The molecule has 1 saturated heterocycles. The molecule has 0 spiro atoms. The van der Waals surface area contributed by atoms with Gasteiger partial charge in [0.1, 0.15) is 0 Å². The van der Waals surface area contributed by atoms with Crippen molar-refractivity contribution in [1.82, 2.24) is 4.98 Å². The maximum Gasteiger partial charge on any atom is 0.169 e. The summed E-state index contributed by atoms with van der Waals surface area (Å²) in [5.74, 6) is 1.35. The van der Waals surface area contributed by atoms with Crippen LogP contribution in [0.4, 0.5) is 5.69 Å². The monoisotopic (exact) mass is 400 g/mol. The van der Waals surface area contributed by atoms with Crippen molar-refractivity contribution in [3.63, 3.8) is 0 Å². The number of fused-ring (bicyclic) bond motifs is 1. The number of pyridine rings is 1. The van der Waals surface area contributed by atoms with Crippen LogP contribution < -0.4 is 4.90 Å². The Labute approximate surface area is 157 Å². The quantitative estimate of drug-likeness (QED) is 0.611. The summed E-state index contributed by atoms with van der Waals surface area (Å²) in [5, 5.41) is 1.11. The summed E-state index contributed by atoms with van der Waals surface area (Å²) in [5.41, 5.74) is 2.93. The highest BCUT2D eigenvalue weighted by atomic mass is 79.9. The summed E-state index contributed by atoms with van der Waals surface area (Å²) < 4.78 is 1.04. The second kappa shape index (κ2) is 7.06. The van der Waals surface area contributed by atoms with E-state index in [1.54, 1.807) is 0 Å². The normalized spacial score (nSPS) is 18.7. The molecule has 1 aromatic carbocycles. The van der Waals surface area contributed by atoms with Crippen molar-refractivity contribution in [2.24, 2.45) is 11.8 Å². The van der Waals surface area contributed by atoms with Gasteiger partial charge >= 0.3 is 0 Å². The Morgan fingerprint density at radius 2 is 2.00 bits per heavy atom. The molecule has 0 atom stereocenters. The molecule has 2 aromatic rings. The Balaban J connectivity index is 1.75. The number of carbonyl (C=O) groups excluding carboxylic acids is 1. The fourth-order valence-corrected chi connectivity index (χ4v) is 4.45. The highest BCUT2D eigenvalue weighted by molar-refractivity contribution is 9.10. The van der Waals surface area contributed by atoms with Crippen molar-refractivity contribution in [2.45, 2.75) is 45.4 Å². The molecule has 1 aliphatic heterocycles. The van der Waals surface area contributed by atoms with Crippen LogP contribution in [0.5, 0.6) is 0 Å². The number of nitrogens with zero attached hydrogens (tertiary/aromatic N) is 2. The lowest BCUT2D eigenvalue weighted by molar-refractivity contribution is 0.0968. The molecule has 4 heteroatoms. The van der Waals surface area contributed by atoms with Gasteiger partial charge in [0.2, 0.25) is 0 Å².